The molecule has 2 N–H and O–H groups in total. The Morgan fingerprint density at radius 1 is 1.47 bits per heavy atom. The van der Waals surface area contributed by atoms with E-state index >= 15 is 0 Å². The first-order valence-electron chi connectivity index (χ1n) is 5.55. The van der Waals surface area contributed by atoms with E-state index in [2.05, 4.69) is 21.2 Å². The number of halogens is 1. The number of carbonyl (C=O) groups excluding carboxylic acids is 1. The fourth-order valence-corrected chi connectivity index (χ4v) is 1.96. The molecule has 0 heterocycles. The van der Waals surface area contributed by atoms with Gasteiger partial charge in [-0.2, -0.15) is 0 Å². The van der Waals surface area contributed by atoms with E-state index in [1.807, 2.05) is 39.0 Å². The lowest BCUT2D eigenvalue weighted by Gasteiger charge is -2.25. The molecule has 0 saturated heterocycles. The second-order valence-electron chi connectivity index (χ2n) is 4.79. The minimum atomic E-state index is -0.408. The minimum Gasteiger partial charge on any atom is -0.396 e. The van der Waals surface area contributed by atoms with Crippen molar-refractivity contribution in [2.75, 3.05) is 6.61 Å². The van der Waals surface area contributed by atoms with Crippen LogP contribution in [0.15, 0.2) is 22.7 Å². The summed E-state index contributed by atoms with van der Waals surface area (Å²) in [5, 5.41) is 11.8. The maximum absolute atomic E-state index is 12.1. The molecule has 0 aliphatic carbocycles. The number of nitrogens with one attached hydrogen (secondary N) is 1. The third-order valence-corrected chi connectivity index (χ3v) is 3.25. The third-order valence-electron chi connectivity index (χ3n) is 2.56. The monoisotopic (exact) mass is 299 g/mol. The van der Waals surface area contributed by atoms with Crippen LogP contribution >= 0.6 is 15.9 Å². The standard InChI is InChI=1S/C13H18BrNO2/c1-9-4-5-11(14)10(8-9)12(17)15-13(2,3)6-7-16/h4-5,8,16H,6-7H2,1-3H3,(H,15,17). The summed E-state index contributed by atoms with van der Waals surface area (Å²) < 4.78 is 0.778. The van der Waals surface area contributed by atoms with Gasteiger partial charge in [-0.3, -0.25) is 4.79 Å². The van der Waals surface area contributed by atoms with Gasteiger partial charge < -0.3 is 10.4 Å². The summed E-state index contributed by atoms with van der Waals surface area (Å²) >= 11 is 3.37. The smallest absolute Gasteiger partial charge is 0.252 e. The summed E-state index contributed by atoms with van der Waals surface area (Å²) in [6.07, 6.45) is 0.530. The molecule has 0 spiro atoms. The van der Waals surface area contributed by atoms with E-state index in [9.17, 15) is 4.79 Å². The van der Waals surface area contributed by atoms with Crippen molar-refractivity contribution in [3.63, 3.8) is 0 Å². The van der Waals surface area contributed by atoms with Gasteiger partial charge in [0.25, 0.3) is 5.91 Å². The van der Waals surface area contributed by atoms with Crippen molar-refractivity contribution in [3.8, 4) is 0 Å². The van der Waals surface area contributed by atoms with Crippen LogP contribution in [0.5, 0.6) is 0 Å². The summed E-state index contributed by atoms with van der Waals surface area (Å²) in [4.78, 5) is 12.1. The van der Waals surface area contributed by atoms with Crippen LogP contribution in [0.3, 0.4) is 0 Å². The van der Waals surface area contributed by atoms with Crippen LogP contribution in [-0.4, -0.2) is 23.2 Å². The number of hydrogen-bond donors (Lipinski definition) is 2. The Kier molecular flexibility index (Phi) is 4.71. The van der Waals surface area contributed by atoms with Crippen LogP contribution in [0.2, 0.25) is 0 Å². The van der Waals surface area contributed by atoms with Crippen LogP contribution in [-0.2, 0) is 0 Å². The number of carbonyl (C=O) groups is 1. The van der Waals surface area contributed by atoms with Crippen molar-refractivity contribution in [3.05, 3.63) is 33.8 Å². The summed E-state index contributed by atoms with van der Waals surface area (Å²) in [6, 6.07) is 5.65. The molecular formula is C13H18BrNO2. The van der Waals surface area contributed by atoms with Gasteiger partial charge in [-0.05, 0) is 55.3 Å². The van der Waals surface area contributed by atoms with Crippen molar-refractivity contribution < 1.29 is 9.90 Å². The molecule has 17 heavy (non-hydrogen) atoms. The quantitative estimate of drug-likeness (QED) is 0.898. The summed E-state index contributed by atoms with van der Waals surface area (Å²) in [5.41, 5.74) is 1.25. The molecule has 1 rings (SSSR count). The second-order valence-corrected chi connectivity index (χ2v) is 5.65. The molecule has 0 saturated carbocycles. The van der Waals surface area contributed by atoms with Crippen LogP contribution < -0.4 is 5.32 Å². The zero-order chi connectivity index (χ0) is 13.1. The lowest BCUT2D eigenvalue weighted by atomic mass is 10.0. The van der Waals surface area contributed by atoms with E-state index in [1.54, 1.807) is 0 Å². The Morgan fingerprint density at radius 2 is 2.12 bits per heavy atom. The van der Waals surface area contributed by atoms with Gasteiger partial charge in [-0.1, -0.05) is 11.6 Å². The topological polar surface area (TPSA) is 49.3 Å². The van der Waals surface area contributed by atoms with E-state index in [1.165, 1.54) is 0 Å². The molecule has 0 aliphatic heterocycles. The maximum atomic E-state index is 12.1. The first-order valence-corrected chi connectivity index (χ1v) is 6.34. The van der Waals surface area contributed by atoms with Crippen molar-refractivity contribution in [1.29, 1.82) is 0 Å². The molecule has 0 fully saturated rings. The highest BCUT2D eigenvalue weighted by Gasteiger charge is 2.21. The van der Waals surface area contributed by atoms with Crippen molar-refractivity contribution >= 4 is 21.8 Å². The molecule has 0 unspecified atom stereocenters. The average molecular weight is 300 g/mol. The lowest BCUT2D eigenvalue weighted by molar-refractivity contribution is 0.0898. The Labute approximate surface area is 110 Å². The first kappa shape index (κ1) is 14.2. The van der Waals surface area contributed by atoms with Crippen LogP contribution in [0.4, 0.5) is 0 Å². The molecule has 0 atom stereocenters. The lowest BCUT2D eigenvalue weighted by Crippen LogP contribution is -2.44. The van der Waals surface area contributed by atoms with Crippen molar-refractivity contribution in [2.45, 2.75) is 32.7 Å². The number of amides is 1. The molecule has 94 valence electrons. The first-order chi connectivity index (χ1) is 7.85. The third kappa shape index (κ3) is 4.13. The average Bonchev–Trinajstić information content (AvgIpc) is 2.20. The number of hydrogen-bond acceptors (Lipinski definition) is 2. The van der Waals surface area contributed by atoms with E-state index < -0.39 is 5.54 Å². The summed E-state index contributed by atoms with van der Waals surface area (Å²) in [5.74, 6) is -0.126. The highest BCUT2D eigenvalue weighted by atomic mass is 79.9. The summed E-state index contributed by atoms with van der Waals surface area (Å²) in [6.45, 7) is 5.79. The molecule has 1 aromatic carbocycles. The predicted octanol–water partition coefficient (Wildman–Crippen LogP) is 2.65. The maximum Gasteiger partial charge on any atom is 0.252 e. The zero-order valence-electron chi connectivity index (χ0n) is 10.4. The Balaban J connectivity index is 2.86. The molecule has 0 bridgehead atoms. The highest BCUT2D eigenvalue weighted by Crippen LogP contribution is 2.19. The molecule has 1 amide bonds. The normalized spacial score (nSPS) is 11.4. The summed E-state index contributed by atoms with van der Waals surface area (Å²) in [7, 11) is 0. The Hall–Kier alpha value is -0.870. The van der Waals surface area contributed by atoms with Crippen LogP contribution in [0.25, 0.3) is 0 Å². The van der Waals surface area contributed by atoms with E-state index in [4.69, 9.17) is 5.11 Å². The second kappa shape index (κ2) is 5.65. The van der Waals surface area contributed by atoms with E-state index in [0.29, 0.717) is 12.0 Å². The van der Waals surface area contributed by atoms with Gasteiger partial charge in [0, 0.05) is 16.6 Å². The molecule has 1 aromatic rings. The van der Waals surface area contributed by atoms with Crippen LogP contribution in [0.1, 0.15) is 36.2 Å². The van der Waals surface area contributed by atoms with E-state index in [0.717, 1.165) is 10.0 Å². The number of aryl methyl sites for hydroxylation is 1. The molecule has 0 aromatic heterocycles. The number of aliphatic hydroxyl groups is 1. The van der Waals surface area contributed by atoms with Crippen molar-refractivity contribution in [2.24, 2.45) is 0 Å². The minimum absolute atomic E-state index is 0.0578. The van der Waals surface area contributed by atoms with Gasteiger partial charge in [0.1, 0.15) is 0 Å². The van der Waals surface area contributed by atoms with Gasteiger partial charge in [0.15, 0.2) is 0 Å². The number of benzene rings is 1. The largest absolute Gasteiger partial charge is 0.396 e. The SMILES string of the molecule is Cc1ccc(Br)c(C(=O)NC(C)(C)CCO)c1. The zero-order valence-corrected chi connectivity index (χ0v) is 12.0. The predicted molar refractivity (Wildman–Crippen MR) is 72.1 cm³/mol. The van der Waals surface area contributed by atoms with Gasteiger partial charge in [-0.15, -0.1) is 0 Å². The van der Waals surface area contributed by atoms with E-state index in [-0.39, 0.29) is 12.5 Å². The van der Waals surface area contributed by atoms with Crippen molar-refractivity contribution in [1.82, 2.24) is 5.32 Å². The molecule has 3 nitrogen and oxygen atoms in total. The molecule has 4 heteroatoms. The Morgan fingerprint density at radius 3 is 2.71 bits per heavy atom. The fourth-order valence-electron chi connectivity index (χ4n) is 1.53. The Bertz CT molecular complexity index is 416. The fraction of sp³-hybridized carbons (Fsp3) is 0.462. The van der Waals surface area contributed by atoms with Gasteiger partial charge >= 0.3 is 0 Å². The van der Waals surface area contributed by atoms with Gasteiger partial charge in [0.2, 0.25) is 0 Å². The molecular weight excluding hydrogens is 282 g/mol. The number of aliphatic hydroxyl groups excluding tert-OH is 1. The highest BCUT2D eigenvalue weighted by molar-refractivity contribution is 9.10. The van der Waals surface area contributed by atoms with Crippen LogP contribution in [0, 0.1) is 6.92 Å². The molecule has 0 aliphatic rings. The number of rotatable bonds is 4. The van der Waals surface area contributed by atoms with Gasteiger partial charge in [-0.25, -0.2) is 0 Å². The molecule has 0 radical (unpaired) electrons. The van der Waals surface area contributed by atoms with Gasteiger partial charge in [0.05, 0.1) is 5.56 Å².